The number of rotatable bonds is 4. The minimum atomic E-state index is -0.756. The van der Waals surface area contributed by atoms with Crippen molar-refractivity contribution in [2.24, 2.45) is 5.73 Å². The van der Waals surface area contributed by atoms with E-state index in [-0.39, 0.29) is 11.8 Å². The van der Waals surface area contributed by atoms with Gasteiger partial charge in [-0.2, -0.15) is 0 Å². The molecule has 19 heavy (non-hydrogen) atoms. The summed E-state index contributed by atoms with van der Waals surface area (Å²) in [5.74, 6) is -1.44. The van der Waals surface area contributed by atoms with E-state index in [1.165, 1.54) is 17.4 Å². The van der Waals surface area contributed by atoms with Crippen LogP contribution in [0.1, 0.15) is 17.9 Å². The Hall–Kier alpha value is -1.17. The lowest BCUT2D eigenvalue weighted by Crippen LogP contribution is -2.28. The van der Waals surface area contributed by atoms with Crippen molar-refractivity contribution in [1.29, 1.82) is 0 Å². The van der Waals surface area contributed by atoms with Crippen molar-refractivity contribution in [2.75, 3.05) is 0 Å². The fourth-order valence-corrected chi connectivity index (χ4v) is 2.82. The fraction of sp³-hybridized carbons (Fsp3) is 0.231. The first-order chi connectivity index (χ1) is 8.97. The Morgan fingerprint density at radius 3 is 2.53 bits per heavy atom. The van der Waals surface area contributed by atoms with Crippen LogP contribution in [0.4, 0.5) is 8.78 Å². The normalized spacial score (nSPS) is 14.2. The van der Waals surface area contributed by atoms with Crippen molar-refractivity contribution in [3.05, 3.63) is 51.2 Å². The second-order valence-corrected chi connectivity index (χ2v) is 5.86. The van der Waals surface area contributed by atoms with Crippen LogP contribution in [-0.4, -0.2) is 6.04 Å². The monoisotopic (exact) mass is 303 g/mol. The molecule has 1 aromatic carbocycles. The van der Waals surface area contributed by atoms with E-state index in [1.54, 1.807) is 19.1 Å². The second-order valence-electron chi connectivity index (χ2n) is 4.11. The predicted molar refractivity (Wildman–Crippen MR) is 72.7 cm³/mol. The Morgan fingerprint density at radius 1 is 1.26 bits per heavy atom. The fourth-order valence-electron chi connectivity index (χ4n) is 1.61. The van der Waals surface area contributed by atoms with E-state index in [1.807, 2.05) is 0 Å². The van der Waals surface area contributed by atoms with Gasteiger partial charge in [-0.25, -0.2) is 8.78 Å². The van der Waals surface area contributed by atoms with Crippen LogP contribution in [0, 0.1) is 11.6 Å². The zero-order valence-electron chi connectivity index (χ0n) is 10.1. The van der Waals surface area contributed by atoms with Crippen LogP contribution in [0.25, 0.3) is 0 Å². The summed E-state index contributed by atoms with van der Waals surface area (Å²) in [5, 5.41) is 0. The number of halogens is 3. The molecule has 0 bridgehead atoms. The van der Waals surface area contributed by atoms with E-state index in [2.05, 4.69) is 0 Å². The highest BCUT2D eigenvalue weighted by Gasteiger charge is 2.21. The van der Waals surface area contributed by atoms with Gasteiger partial charge in [0, 0.05) is 17.0 Å². The number of nitrogens with two attached hydrogens (primary N) is 1. The molecule has 1 aromatic heterocycles. The highest BCUT2D eigenvalue weighted by atomic mass is 35.5. The van der Waals surface area contributed by atoms with Crippen LogP contribution in [0.2, 0.25) is 4.34 Å². The standard InChI is InChI=1S/C13H12ClF2NOS/c1-7(17)13(11-4-5-12(14)19-11)18-10-3-2-8(15)6-9(10)16/h2-7,13H,17H2,1H3. The molecule has 2 nitrogen and oxygen atoms in total. The molecule has 1 heterocycles. The van der Waals surface area contributed by atoms with Crippen molar-refractivity contribution < 1.29 is 13.5 Å². The van der Waals surface area contributed by atoms with Crippen molar-refractivity contribution in [1.82, 2.24) is 0 Å². The maximum absolute atomic E-state index is 13.6. The Bertz CT molecular complexity index is 574. The lowest BCUT2D eigenvalue weighted by atomic mass is 10.1. The van der Waals surface area contributed by atoms with Crippen molar-refractivity contribution in [2.45, 2.75) is 19.1 Å². The molecule has 102 valence electrons. The maximum atomic E-state index is 13.6. The number of ether oxygens (including phenoxy) is 1. The number of hydrogen-bond acceptors (Lipinski definition) is 3. The number of hydrogen-bond donors (Lipinski definition) is 1. The molecular weight excluding hydrogens is 292 g/mol. The third-order valence-electron chi connectivity index (χ3n) is 2.50. The van der Waals surface area contributed by atoms with E-state index in [4.69, 9.17) is 22.1 Å². The highest BCUT2D eigenvalue weighted by molar-refractivity contribution is 7.16. The summed E-state index contributed by atoms with van der Waals surface area (Å²) in [4.78, 5) is 0.795. The van der Waals surface area contributed by atoms with Crippen LogP contribution in [0.15, 0.2) is 30.3 Å². The first kappa shape index (κ1) is 14.2. The Morgan fingerprint density at radius 2 is 2.00 bits per heavy atom. The van der Waals surface area contributed by atoms with E-state index in [0.29, 0.717) is 4.34 Å². The Labute approximate surface area is 118 Å². The summed E-state index contributed by atoms with van der Waals surface area (Å²) in [5.41, 5.74) is 5.85. The lowest BCUT2D eigenvalue weighted by molar-refractivity contribution is 0.176. The largest absolute Gasteiger partial charge is 0.480 e. The van der Waals surface area contributed by atoms with Gasteiger partial charge in [0.05, 0.1) is 4.34 Å². The van der Waals surface area contributed by atoms with Gasteiger partial charge in [-0.1, -0.05) is 11.6 Å². The molecule has 2 N–H and O–H groups in total. The first-order valence-electron chi connectivity index (χ1n) is 5.60. The van der Waals surface area contributed by atoms with Gasteiger partial charge in [-0.05, 0) is 31.2 Å². The average Bonchev–Trinajstić information content (AvgIpc) is 2.74. The van der Waals surface area contributed by atoms with Crippen LogP contribution < -0.4 is 10.5 Å². The van der Waals surface area contributed by atoms with Gasteiger partial charge >= 0.3 is 0 Å². The average molecular weight is 304 g/mol. The molecule has 0 aliphatic heterocycles. The van der Waals surface area contributed by atoms with Crippen molar-refractivity contribution in [3.8, 4) is 5.75 Å². The lowest BCUT2D eigenvalue weighted by Gasteiger charge is -2.21. The topological polar surface area (TPSA) is 35.2 Å². The molecule has 0 aliphatic rings. The van der Waals surface area contributed by atoms with E-state index < -0.39 is 17.7 Å². The van der Waals surface area contributed by atoms with Gasteiger partial charge in [-0.3, -0.25) is 0 Å². The molecule has 0 fully saturated rings. The zero-order valence-corrected chi connectivity index (χ0v) is 11.6. The molecule has 0 saturated heterocycles. The van der Waals surface area contributed by atoms with Crippen LogP contribution >= 0.6 is 22.9 Å². The van der Waals surface area contributed by atoms with Gasteiger partial charge in [0.1, 0.15) is 11.9 Å². The Balaban J connectivity index is 2.26. The quantitative estimate of drug-likeness (QED) is 0.921. The summed E-state index contributed by atoms with van der Waals surface area (Å²) in [6.45, 7) is 1.75. The third kappa shape index (κ3) is 3.43. The summed E-state index contributed by atoms with van der Waals surface area (Å²) in [7, 11) is 0. The molecule has 2 unspecified atom stereocenters. The maximum Gasteiger partial charge on any atom is 0.168 e. The van der Waals surface area contributed by atoms with E-state index in [0.717, 1.165) is 17.0 Å². The highest BCUT2D eigenvalue weighted by Crippen LogP contribution is 2.32. The SMILES string of the molecule is CC(N)C(Oc1ccc(F)cc1F)c1ccc(Cl)s1. The minimum Gasteiger partial charge on any atom is -0.480 e. The summed E-state index contributed by atoms with van der Waals surface area (Å²) < 4.78 is 32.5. The minimum absolute atomic E-state index is 0.0341. The summed E-state index contributed by atoms with van der Waals surface area (Å²) in [6.07, 6.45) is -0.530. The molecule has 0 amide bonds. The molecule has 2 atom stereocenters. The Kier molecular flexibility index (Phi) is 4.39. The van der Waals surface area contributed by atoms with E-state index in [9.17, 15) is 8.78 Å². The smallest absolute Gasteiger partial charge is 0.168 e. The molecule has 0 aliphatic carbocycles. The van der Waals surface area contributed by atoms with Crippen molar-refractivity contribution >= 4 is 22.9 Å². The molecule has 0 radical (unpaired) electrons. The van der Waals surface area contributed by atoms with Crippen LogP contribution in [-0.2, 0) is 0 Å². The first-order valence-corrected chi connectivity index (χ1v) is 6.79. The van der Waals surface area contributed by atoms with Crippen LogP contribution in [0.5, 0.6) is 5.75 Å². The van der Waals surface area contributed by atoms with Gasteiger partial charge in [0.15, 0.2) is 11.6 Å². The third-order valence-corrected chi connectivity index (χ3v) is 3.79. The second kappa shape index (κ2) is 5.86. The van der Waals surface area contributed by atoms with Crippen LogP contribution in [0.3, 0.4) is 0 Å². The molecule has 0 spiro atoms. The summed E-state index contributed by atoms with van der Waals surface area (Å²) >= 11 is 7.18. The number of benzene rings is 1. The summed E-state index contributed by atoms with van der Waals surface area (Å²) in [6, 6.07) is 6.30. The van der Waals surface area contributed by atoms with Gasteiger partial charge in [0.25, 0.3) is 0 Å². The predicted octanol–water partition coefficient (Wildman–Crippen LogP) is 4.15. The van der Waals surface area contributed by atoms with E-state index >= 15 is 0 Å². The molecule has 2 aromatic rings. The van der Waals surface area contributed by atoms with Gasteiger partial charge in [-0.15, -0.1) is 11.3 Å². The van der Waals surface area contributed by atoms with Gasteiger partial charge in [0.2, 0.25) is 0 Å². The molecule has 0 saturated carbocycles. The van der Waals surface area contributed by atoms with Crippen molar-refractivity contribution in [3.63, 3.8) is 0 Å². The molecule has 2 rings (SSSR count). The van der Waals surface area contributed by atoms with Gasteiger partial charge < -0.3 is 10.5 Å². The zero-order chi connectivity index (χ0) is 14.0. The number of thiophene rings is 1. The molecular formula is C13H12ClF2NOS. The molecule has 6 heteroatoms.